The van der Waals surface area contributed by atoms with Crippen LogP contribution in [0.1, 0.15) is 13.8 Å². The molecule has 10 nitrogen and oxygen atoms in total. The molecule has 0 radical (unpaired) electrons. The topological polar surface area (TPSA) is 114 Å². The molecule has 1 saturated heterocycles. The van der Waals surface area contributed by atoms with Crippen LogP contribution in [-0.2, 0) is 0 Å². The Morgan fingerprint density at radius 2 is 1.81 bits per heavy atom. The summed E-state index contributed by atoms with van der Waals surface area (Å²) in [5.41, 5.74) is 1.31. The van der Waals surface area contributed by atoms with Gasteiger partial charge in [0.25, 0.3) is 5.69 Å². The van der Waals surface area contributed by atoms with Gasteiger partial charge in [-0.1, -0.05) is 0 Å². The van der Waals surface area contributed by atoms with E-state index in [9.17, 15) is 14.9 Å². The number of amides is 2. The summed E-state index contributed by atoms with van der Waals surface area (Å²) in [7, 11) is 0. The molecule has 0 spiro atoms. The van der Waals surface area contributed by atoms with Gasteiger partial charge >= 0.3 is 6.03 Å². The number of hydrogen-bond donors (Lipinski definition) is 1. The van der Waals surface area contributed by atoms with Crippen molar-refractivity contribution in [1.82, 2.24) is 14.9 Å². The fourth-order valence-corrected chi connectivity index (χ4v) is 3.61. The first-order valence-electron chi connectivity index (χ1n) is 10.4. The number of ether oxygens (including phenoxy) is 1. The van der Waals surface area contributed by atoms with Gasteiger partial charge in [0.2, 0.25) is 0 Å². The molecule has 0 saturated carbocycles. The normalized spacial score (nSPS) is 14.0. The fourth-order valence-electron chi connectivity index (χ4n) is 3.61. The first kappa shape index (κ1) is 21.3. The van der Waals surface area contributed by atoms with Crippen LogP contribution >= 0.6 is 0 Å². The van der Waals surface area contributed by atoms with Crippen molar-refractivity contribution in [2.45, 2.75) is 20.0 Å². The van der Waals surface area contributed by atoms with Crippen molar-refractivity contribution in [2.24, 2.45) is 0 Å². The van der Waals surface area contributed by atoms with Crippen LogP contribution in [0.5, 0.6) is 5.75 Å². The lowest BCUT2D eigenvalue weighted by Crippen LogP contribution is -2.50. The van der Waals surface area contributed by atoms with E-state index < -0.39 is 4.92 Å². The van der Waals surface area contributed by atoms with Crippen LogP contribution in [0.25, 0.3) is 10.9 Å². The van der Waals surface area contributed by atoms with Crippen molar-refractivity contribution in [3.63, 3.8) is 0 Å². The van der Waals surface area contributed by atoms with E-state index in [-0.39, 0.29) is 17.8 Å². The number of non-ortho nitro benzene ring substituents is 1. The quantitative estimate of drug-likeness (QED) is 0.479. The first-order chi connectivity index (χ1) is 15.4. The minimum Gasteiger partial charge on any atom is -0.491 e. The Hall–Kier alpha value is -3.95. The van der Waals surface area contributed by atoms with Crippen LogP contribution in [0.2, 0.25) is 0 Å². The highest BCUT2D eigenvalue weighted by atomic mass is 16.6. The number of nitrogens with zero attached hydrogens (tertiary/aromatic N) is 5. The number of urea groups is 1. The second-order valence-electron chi connectivity index (χ2n) is 7.75. The molecule has 4 rings (SSSR count). The fraction of sp³-hybridized carbons (Fsp3) is 0.318. The van der Waals surface area contributed by atoms with Crippen molar-refractivity contribution in [2.75, 3.05) is 36.4 Å². The number of fused-ring (bicyclic) bond motifs is 1. The molecule has 10 heteroatoms. The first-order valence-corrected chi connectivity index (χ1v) is 10.4. The van der Waals surface area contributed by atoms with Gasteiger partial charge in [0.15, 0.2) is 0 Å². The molecule has 2 heterocycles. The molecule has 3 aromatic rings. The maximum absolute atomic E-state index is 12.6. The molecule has 1 aromatic heterocycles. The predicted molar refractivity (Wildman–Crippen MR) is 121 cm³/mol. The SMILES string of the molecule is CC(C)Oc1ccc2c(N3CCN(C(=O)Nc4ccc([N+](=O)[O-])cc4)CC3)ncnc2c1. The zero-order chi connectivity index (χ0) is 22.7. The molecule has 1 fully saturated rings. The lowest BCUT2D eigenvalue weighted by atomic mass is 10.2. The number of hydrogen-bond acceptors (Lipinski definition) is 7. The van der Waals surface area contributed by atoms with Crippen molar-refractivity contribution in [3.8, 4) is 5.75 Å². The summed E-state index contributed by atoms with van der Waals surface area (Å²) in [5, 5.41) is 14.5. The minimum atomic E-state index is -0.472. The van der Waals surface area contributed by atoms with Crippen LogP contribution in [0.15, 0.2) is 48.8 Å². The van der Waals surface area contributed by atoms with Gasteiger partial charge in [-0.05, 0) is 38.1 Å². The molecular weight excluding hydrogens is 412 g/mol. The van der Waals surface area contributed by atoms with Crippen molar-refractivity contribution < 1.29 is 14.5 Å². The lowest BCUT2D eigenvalue weighted by molar-refractivity contribution is -0.384. The summed E-state index contributed by atoms with van der Waals surface area (Å²) >= 11 is 0. The Labute approximate surface area is 185 Å². The minimum absolute atomic E-state index is 0.0171. The third-order valence-electron chi connectivity index (χ3n) is 5.15. The smallest absolute Gasteiger partial charge is 0.321 e. The van der Waals surface area contributed by atoms with Crippen LogP contribution in [0, 0.1) is 10.1 Å². The van der Waals surface area contributed by atoms with E-state index in [4.69, 9.17) is 4.74 Å². The number of anilines is 2. The Morgan fingerprint density at radius 1 is 1.09 bits per heavy atom. The van der Waals surface area contributed by atoms with Crippen LogP contribution in [0.4, 0.5) is 22.0 Å². The molecule has 2 amide bonds. The van der Waals surface area contributed by atoms with E-state index >= 15 is 0 Å². The average Bonchev–Trinajstić information content (AvgIpc) is 2.78. The van der Waals surface area contributed by atoms with E-state index in [0.29, 0.717) is 31.9 Å². The lowest BCUT2D eigenvalue weighted by Gasteiger charge is -2.35. The Bertz CT molecular complexity index is 1130. The van der Waals surface area contributed by atoms with Crippen molar-refractivity contribution in [3.05, 3.63) is 58.9 Å². The number of piperazine rings is 1. The van der Waals surface area contributed by atoms with Gasteiger partial charge in [-0.15, -0.1) is 0 Å². The molecule has 0 atom stereocenters. The number of nitro groups is 1. The third kappa shape index (κ3) is 4.69. The highest BCUT2D eigenvalue weighted by Crippen LogP contribution is 2.27. The maximum Gasteiger partial charge on any atom is 0.321 e. The van der Waals surface area contributed by atoms with E-state index in [1.54, 1.807) is 11.2 Å². The maximum atomic E-state index is 12.6. The van der Waals surface area contributed by atoms with Gasteiger partial charge in [-0.3, -0.25) is 10.1 Å². The zero-order valence-corrected chi connectivity index (χ0v) is 17.9. The number of aromatic nitrogens is 2. The molecule has 32 heavy (non-hydrogen) atoms. The summed E-state index contributed by atoms with van der Waals surface area (Å²) in [6, 6.07) is 11.3. The molecule has 0 bridgehead atoms. The summed E-state index contributed by atoms with van der Waals surface area (Å²) in [5.74, 6) is 1.60. The number of nitro benzene ring substituents is 1. The molecule has 1 N–H and O–H groups in total. The van der Waals surface area contributed by atoms with Crippen LogP contribution < -0.4 is 15.0 Å². The van der Waals surface area contributed by atoms with Gasteiger partial charge < -0.3 is 19.9 Å². The van der Waals surface area contributed by atoms with Crippen LogP contribution in [-0.4, -0.2) is 58.1 Å². The Kier molecular flexibility index (Phi) is 6.02. The average molecular weight is 436 g/mol. The second kappa shape index (κ2) is 9.04. The van der Waals surface area contributed by atoms with Crippen LogP contribution in [0.3, 0.4) is 0 Å². The van der Waals surface area contributed by atoms with Crippen molar-refractivity contribution in [1.29, 1.82) is 0 Å². The van der Waals surface area contributed by atoms with Gasteiger partial charge in [0.05, 0.1) is 16.5 Å². The molecule has 1 aliphatic heterocycles. The summed E-state index contributed by atoms with van der Waals surface area (Å²) in [6.45, 7) is 6.27. The van der Waals surface area contributed by atoms with E-state index in [0.717, 1.165) is 22.5 Å². The summed E-state index contributed by atoms with van der Waals surface area (Å²) in [4.78, 5) is 35.6. The number of nitrogens with one attached hydrogen (secondary N) is 1. The van der Waals surface area contributed by atoms with E-state index in [1.165, 1.54) is 24.3 Å². The largest absolute Gasteiger partial charge is 0.491 e. The molecular formula is C22H24N6O4. The molecule has 1 aliphatic rings. The molecule has 0 unspecified atom stereocenters. The molecule has 0 aliphatic carbocycles. The number of rotatable bonds is 5. The number of carbonyl (C=O) groups is 1. The number of benzene rings is 2. The second-order valence-corrected chi connectivity index (χ2v) is 7.75. The standard InChI is InChI=1S/C22H24N6O4/c1-15(2)32-18-7-8-19-20(13-18)23-14-24-21(19)26-9-11-27(12-10-26)22(29)25-16-3-5-17(6-4-16)28(30)31/h3-8,13-15H,9-12H2,1-2H3,(H,25,29). The predicted octanol–water partition coefficient (Wildman–Crippen LogP) is 3.68. The van der Waals surface area contributed by atoms with Gasteiger partial charge in [0.1, 0.15) is 17.9 Å². The van der Waals surface area contributed by atoms with Gasteiger partial charge in [0, 0.05) is 55.5 Å². The molecule has 2 aromatic carbocycles. The highest BCUT2D eigenvalue weighted by molar-refractivity contribution is 5.91. The Balaban J connectivity index is 1.40. The summed E-state index contributed by atoms with van der Waals surface area (Å²) < 4.78 is 5.76. The highest BCUT2D eigenvalue weighted by Gasteiger charge is 2.23. The third-order valence-corrected chi connectivity index (χ3v) is 5.15. The zero-order valence-electron chi connectivity index (χ0n) is 17.9. The Morgan fingerprint density at radius 3 is 2.47 bits per heavy atom. The van der Waals surface area contributed by atoms with Gasteiger partial charge in [-0.2, -0.15) is 0 Å². The molecule has 166 valence electrons. The van der Waals surface area contributed by atoms with E-state index in [2.05, 4.69) is 20.2 Å². The summed E-state index contributed by atoms with van der Waals surface area (Å²) in [6.07, 6.45) is 1.63. The van der Waals surface area contributed by atoms with E-state index in [1.807, 2.05) is 32.0 Å². The number of carbonyl (C=O) groups excluding carboxylic acids is 1. The van der Waals surface area contributed by atoms with Crippen molar-refractivity contribution >= 4 is 34.1 Å². The van der Waals surface area contributed by atoms with Gasteiger partial charge in [-0.25, -0.2) is 14.8 Å². The monoisotopic (exact) mass is 436 g/mol.